The number of fused-ring (bicyclic) bond motifs is 3. The van der Waals surface area contributed by atoms with E-state index in [1.165, 1.54) is 36.1 Å². The van der Waals surface area contributed by atoms with Gasteiger partial charge in [0.1, 0.15) is 5.75 Å². The molecule has 0 spiro atoms. The van der Waals surface area contributed by atoms with Crippen molar-refractivity contribution in [2.24, 2.45) is 0 Å². The summed E-state index contributed by atoms with van der Waals surface area (Å²) >= 11 is 0. The standard InChI is InChI=1S/C19H21NO/c21-19-8-4-7-15-16-11-12-20(18(16)10-9-17(15)19)13-14-5-2-1-3-6-14/h1-8,16,18,21H,9-13H2/t16-,18+/m0/s1. The van der Waals surface area contributed by atoms with Gasteiger partial charge in [0, 0.05) is 18.5 Å². The van der Waals surface area contributed by atoms with Gasteiger partial charge in [-0.1, -0.05) is 42.5 Å². The van der Waals surface area contributed by atoms with E-state index < -0.39 is 0 Å². The van der Waals surface area contributed by atoms with E-state index in [9.17, 15) is 5.11 Å². The number of likely N-dealkylation sites (tertiary alicyclic amines) is 1. The Morgan fingerprint density at radius 3 is 2.71 bits per heavy atom. The molecular formula is C19H21NO. The first-order valence-corrected chi connectivity index (χ1v) is 7.91. The lowest BCUT2D eigenvalue weighted by atomic mass is 9.79. The summed E-state index contributed by atoms with van der Waals surface area (Å²) in [6.07, 6.45) is 3.39. The normalized spacial score (nSPS) is 24.6. The van der Waals surface area contributed by atoms with Crippen LogP contribution in [0.2, 0.25) is 0 Å². The van der Waals surface area contributed by atoms with Crippen molar-refractivity contribution in [2.75, 3.05) is 6.54 Å². The summed E-state index contributed by atoms with van der Waals surface area (Å²) in [5.41, 5.74) is 3.99. The zero-order valence-corrected chi connectivity index (χ0v) is 12.2. The van der Waals surface area contributed by atoms with Crippen molar-refractivity contribution < 1.29 is 5.11 Å². The second-order valence-electron chi connectivity index (χ2n) is 6.30. The van der Waals surface area contributed by atoms with Crippen LogP contribution in [-0.2, 0) is 13.0 Å². The number of benzene rings is 2. The Bertz CT molecular complexity index is 637. The molecule has 0 amide bonds. The quantitative estimate of drug-likeness (QED) is 0.906. The molecule has 2 nitrogen and oxygen atoms in total. The van der Waals surface area contributed by atoms with Gasteiger partial charge in [-0.3, -0.25) is 4.90 Å². The van der Waals surface area contributed by atoms with Gasteiger partial charge in [0.15, 0.2) is 0 Å². The molecule has 2 atom stereocenters. The second kappa shape index (κ2) is 5.19. The molecule has 1 saturated heterocycles. The van der Waals surface area contributed by atoms with Crippen molar-refractivity contribution >= 4 is 0 Å². The van der Waals surface area contributed by atoms with Crippen molar-refractivity contribution in [3.63, 3.8) is 0 Å². The van der Waals surface area contributed by atoms with Crippen LogP contribution < -0.4 is 0 Å². The van der Waals surface area contributed by atoms with Gasteiger partial charge in [-0.15, -0.1) is 0 Å². The lowest BCUT2D eigenvalue weighted by molar-refractivity contribution is 0.218. The molecule has 108 valence electrons. The SMILES string of the molecule is Oc1cccc2c1CC[C@@H]1[C@H]2CCN1Cc1ccccc1. The van der Waals surface area contributed by atoms with Gasteiger partial charge in [0.25, 0.3) is 0 Å². The van der Waals surface area contributed by atoms with Crippen molar-refractivity contribution in [1.82, 2.24) is 4.90 Å². The number of aromatic hydroxyl groups is 1. The second-order valence-corrected chi connectivity index (χ2v) is 6.30. The van der Waals surface area contributed by atoms with Gasteiger partial charge in [-0.2, -0.15) is 0 Å². The monoisotopic (exact) mass is 279 g/mol. The number of phenolic OH excluding ortho intramolecular Hbond substituents is 1. The highest BCUT2D eigenvalue weighted by Crippen LogP contribution is 2.44. The molecule has 0 radical (unpaired) electrons. The van der Waals surface area contributed by atoms with E-state index in [-0.39, 0.29) is 0 Å². The minimum Gasteiger partial charge on any atom is -0.508 e. The molecule has 4 rings (SSSR count). The number of hydrogen-bond donors (Lipinski definition) is 1. The van der Waals surface area contributed by atoms with E-state index >= 15 is 0 Å². The summed E-state index contributed by atoms with van der Waals surface area (Å²) in [7, 11) is 0. The Labute approximate surface area is 126 Å². The molecule has 1 aliphatic carbocycles. The molecule has 2 heteroatoms. The maximum absolute atomic E-state index is 10.1. The fraction of sp³-hybridized carbons (Fsp3) is 0.368. The van der Waals surface area contributed by atoms with Gasteiger partial charge in [0.2, 0.25) is 0 Å². The van der Waals surface area contributed by atoms with E-state index in [1.807, 2.05) is 12.1 Å². The van der Waals surface area contributed by atoms with E-state index in [2.05, 4.69) is 41.3 Å². The zero-order chi connectivity index (χ0) is 14.2. The Morgan fingerprint density at radius 2 is 1.86 bits per heavy atom. The van der Waals surface area contributed by atoms with Crippen LogP contribution in [0.15, 0.2) is 48.5 Å². The molecule has 2 aromatic rings. The fourth-order valence-electron chi connectivity index (χ4n) is 4.18. The summed E-state index contributed by atoms with van der Waals surface area (Å²) in [5, 5.41) is 10.1. The summed E-state index contributed by atoms with van der Waals surface area (Å²) in [4.78, 5) is 2.63. The predicted octanol–water partition coefficient (Wildman–Crippen LogP) is 3.70. The van der Waals surface area contributed by atoms with Gasteiger partial charge < -0.3 is 5.11 Å². The lowest BCUT2D eigenvalue weighted by Gasteiger charge is -2.33. The highest BCUT2D eigenvalue weighted by atomic mass is 16.3. The molecule has 2 aliphatic rings. The highest BCUT2D eigenvalue weighted by Gasteiger charge is 2.38. The number of nitrogens with zero attached hydrogens (tertiary/aromatic N) is 1. The number of phenols is 1. The summed E-state index contributed by atoms with van der Waals surface area (Å²) in [6.45, 7) is 2.22. The average Bonchev–Trinajstić information content (AvgIpc) is 2.92. The topological polar surface area (TPSA) is 23.5 Å². The fourth-order valence-corrected chi connectivity index (χ4v) is 4.18. The van der Waals surface area contributed by atoms with Crippen LogP contribution in [0.4, 0.5) is 0 Å². The van der Waals surface area contributed by atoms with E-state index in [4.69, 9.17) is 0 Å². The largest absolute Gasteiger partial charge is 0.508 e. The molecule has 1 aliphatic heterocycles. The third-order valence-electron chi connectivity index (χ3n) is 5.17. The summed E-state index contributed by atoms with van der Waals surface area (Å²) in [6, 6.07) is 17.4. The zero-order valence-electron chi connectivity index (χ0n) is 12.2. The maximum Gasteiger partial charge on any atom is 0.119 e. The first kappa shape index (κ1) is 12.9. The minimum atomic E-state index is 0.493. The molecule has 1 heterocycles. The number of hydrogen-bond acceptors (Lipinski definition) is 2. The minimum absolute atomic E-state index is 0.493. The van der Waals surface area contributed by atoms with Crippen LogP contribution in [0.5, 0.6) is 5.75 Å². The van der Waals surface area contributed by atoms with E-state index in [0.717, 1.165) is 13.0 Å². The maximum atomic E-state index is 10.1. The number of rotatable bonds is 2. The molecule has 0 aromatic heterocycles. The van der Waals surface area contributed by atoms with E-state index in [0.29, 0.717) is 17.7 Å². The van der Waals surface area contributed by atoms with Crippen LogP contribution in [0.3, 0.4) is 0 Å². The van der Waals surface area contributed by atoms with Crippen molar-refractivity contribution in [3.05, 3.63) is 65.2 Å². The summed E-state index contributed by atoms with van der Waals surface area (Å²) in [5.74, 6) is 1.09. The Morgan fingerprint density at radius 1 is 1.00 bits per heavy atom. The third-order valence-corrected chi connectivity index (χ3v) is 5.17. The van der Waals surface area contributed by atoms with Gasteiger partial charge in [-0.25, -0.2) is 0 Å². The Kier molecular flexibility index (Phi) is 3.19. The highest BCUT2D eigenvalue weighted by molar-refractivity contribution is 5.44. The van der Waals surface area contributed by atoms with E-state index in [1.54, 1.807) is 0 Å². The van der Waals surface area contributed by atoms with Crippen LogP contribution in [-0.4, -0.2) is 22.6 Å². The molecule has 1 N–H and O–H groups in total. The van der Waals surface area contributed by atoms with Crippen LogP contribution in [0.25, 0.3) is 0 Å². The average molecular weight is 279 g/mol. The molecule has 2 aromatic carbocycles. The van der Waals surface area contributed by atoms with Crippen LogP contribution in [0, 0.1) is 0 Å². The molecule has 0 saturated carbocycles. The van der Waals surface area contributed by atoms with Crippen molar-refractivity contribution in [2.45, 2.75) is 37.8 Å². The predicted molar refractivity (Wildman–Crippen MR) is 84.4 cm³/mol. The first-order valence-electron chi connectivity index (χ1n) is 7.91. The molecule has 0 bridgehead atoms. The van der Waals surface area contributed by atoms with Gasteiger partial charge in [-0.05, 0) is 48.6 Å². The Balaban J connectivity index is 1.58. The molecule has 0 unspecified atom stereocenters. The third kappa shape index (κ3) is 2.24. The molecular weight excluding hydrogens is 258 g/mol. The van der Waals surface area contributed by atoms with Crippen LogP contribution in [0.1, 0.15) is 35.4 Å². The first-order chi connectivity index (χ1) is 10.3. The van der Waals surface area contributed by atoms with Crippen molar-refractivity contribution in [1.29, 1.82) is 0 Å². The van der Waals surface area contributed by atoms with Crippen LogP contribution >= 0.6 is 0 Å². The molecule has 21 heavy (non-hydrogen) atoms. The summed E-state index contributed by atoms with van der Waals surface area (Å²) < 4.78 is 0. The Hall–Kier alpha value is -1.80. The smallest absolute Gasteiger partial charge is 0.119 e. The van der Waals surface area contributed by atoms with Crippen molar-refractivity contribution in [3.8, 4) is 5.75 Å². The molecule has 1 fully saturated rings. The lowest BCUT2D eigenvalue weighted by Crippen LogP contribution is -2.34. The van der Waals surface area contributed by atoms with Gasteiger partial charge in [0.05, 0.1) is 0 Å². The van der Waals surface area contributed by atoms with Gasteiger partial charge >= 0.3 is 0 Å².